The molecule has 0 amide bonds. The lowest BCUT2D eigenvalue weighted by molar-refractivity contribution is 0.229. The quantitative estimate of drug-likeness (QED) is 0.878. The van der Waals surface area contributed by atoms with E-state index in [2.05, 4.69) is 6.92 Å². The van der Waals surface area contributed by atoms with Crippen molar-refractivity contribution in [3.63, 3.8) is 0 Å². The molecule has 2 N–H and O–H groups in total. The first-order valence-electron chi connectivity index (χ1n) is 7.50. The molecular weight excluding hydrogens is 300 g/mol. The summed E-state index contributed by atoms with van der Waals surface area (Å²) >= 11 is 6.88. The summed E-state index contributed by atoms with van der Waals surface area (Å²) in [4.78, 5) is 13.2. The minimum atomic E-state index is -0.457. The summed E-state index contributed by atoms with van der Waals surface area (Å²) in [6.45, 7) is 2.23. The maximum absolute atomic E-state index is 12.7. The Morgan fingerprint density at radius 3 is 2.67 bits per heavy atom. The topological polar surface area (TPSA) is 48.0 Å². The lowest BCUT2D eigenvalue weighted by Crippen LogP contribution is -2.50. The number of thiocarbonyl (C=S) groups is 1. The molecule has 2 aromatic rings. The van der Waals surface area contributed by atoms with E-state index in [1.54, 1.807) is 0 Å². The van der Waals surface area contributed by atoms with Gasteiger partial charge in [0, 0.05) is 0 Å². The molecule has 112 valence electrons. The summed E-state index contributed by atoms with van der Waals surface area (Å²) in [5.41, 5.74) is 5.69. The van der Waals surface area contributed by atoms with E-state index < -0.39 is 5.54 Å². The molecule has 5 heteroatoms. The lowest BCUT2D eigenvalue weighted by Gasteiger charge is -2.39. The average molecular weight is 320 g/mol. The van der Waals surface area contributed by atoms with Gasteiger partial charge in [0.05, 0.1) is 10.1 Å². The van der Waals surface area contributed by atoms with E-state index in [1.807, 2.05) is 28.2 Å². The molecule has 0 saturated heterocycles. The molecule has 0 bridgehead atoms. The molecule has 3 nitrogen and oxygen atoms in total. The van der Waals surface area contributed by atoms with Crippen molar-refractivity contribution in [2.75, 3.05) is 0 Å². The summed E-state index contributed by atoms with van der Waals surface area (Å²) in [5.74, 6) is 0.734. The van der Waals surface area contributed by atoms with Crippen molar-refractivity contribution >= 4 is 38.8 Å². The maximum Gasteiger partial charge on any atom is 0.269 e. The molecule has 1 aliphatic rings. The third kappa shape index (κ3) is 2.32. The minimum absolute atomic E-state index is 0.0540. The number of fused-ring (bicyclic) bond motifs is 1. The largest absolute Gasteiger partial charge is 0.391 e. The Hall–Kier alpha value is -1.20. The van der Waals surface area contributed by atoms with Crippen LogP contribution in [-0.2, 0) is 5.54 Å². The van der Waals surface area contributed by atoms with E-state index in [9.17, 15) is 4.79 Å². The Kier molecular flexibility index (Phi) is 3.88. The molecule has 0 spiro atoms. The van der Waals surface area contributed by atoms with E-state index >= 15 is 0 Å². The molecule has 1 heterocycles. The lowest BCUT2D eigenvalue weighted by atomic mass is 9.75. The molecule has 0 aliphatic heterocycles. The summed E-state index contributed by atoms with van der Waals surface area (Å²) < 4.78 is 2.86. The zero-order valence-corrected chi connectivity index (χ0v) is 13.8. The molecule has 1 saturated carbocycles. The van der Waals surface area contributed by atoms with Crippen molar-refractivity contribution < 1.29 is 0 Å². The maximum atomic E-state index is 12.7. The summed E-state index contributed by atoms with van der Waals surface area (Å²) in [6, 6.07) is 7.74. The number of nitrogens with two attached hydrogens (primary N) is 1. The minimum Gasteiger partial charge on any atom is -0.391 e. The first-order valence-corrected chi connectivity index (χ1v) is 8.68. The number of rotatable bonds is 3. The van der Waals surface area contributed by atoms with Crippen molar-refractivity contribution in [1.29, 1.82) is 0 Å². The van der Waals surface area contributed by atoms with E-state index in [0.29, 0.717) is 4.99 Å². The summed E-state index contributed by atoms with van der Waals surface area (Å²) in [6.07, 6.45) is 5.14. The Balaban J connectivity index is 2.11. The van der Waals surface area contributed by atoms with Gasteiger partial charge >= 0.3 is 0 Å². The average Bonchev–Trinajstić information content (AvgIpc) is 2.85. The van der Waals surface area contributed by atoms with Crippen LogP contribution in [0.1, 0.15) is 39.0 Å². The Morgan fingerprint density at radius 2 is 2.10 bits per heavy atom. The number of aromatic nitrogens is 1. The predicted molar refractivity (Wildman–Crippen MR) is 93.1 cm³/mol. The van der Waals surface area contributed by atoms with Crippen LogP contribution >= 0.6 is 23.8 Å². The second-order valence-electron chi connectivity index (χ2n) is 5.93. The van der Waals surface area contributed by atoms with E-state index in [0.717, 1.165) is 41.7 Å². The van der Waals surface area contributed by atoms with Crippen LogP contribution < -0.4 is 11.3 Å². The molecule has 1 aromatic heterocycles. The highest BCUT2D eigenvalue weighted by atomic mass is 32.1. The van der Waals surface area contributed by atoms with E-state index in [1.165, 1.54) is 18.0 Å². The van der Waals surface area contributed by atoms with Gasteiger partial charge in [-0.05, 0) is 43.7 Å². The van der Waals surface area contributed by atoms with Gasteiger partial charge in [-0.15, -0.1) is 0 Å². The highest BCUT2D eigenvalue weighted by Crippen LogP contribution is 2.40. The van der Waals surface area contributed by atoms with Gasteiger partial charge in [0.25, 0.3) is 5.56 Å². The molecule has 1 aliphatic carbocycles. The fourth-order valence-electron chi connectivity index (χ4n) is 3.37. The molecule has 3 rings (SSSR count). The van der Waals surface area contributed by atoms with Crippen LogP contribution in [-0.4, -0.2) is 8.95 Å². The Bertz CT molecular complexity index is 723. The van der Waals surface area contributed by atoms with Crippen LogP contribution in [0, 0.1) is 5.92 Å². The van der Waals surface area contributed by atoms with E-state index in [-0.39, 0.29) is 5.56 Å². The SMILES string of the molecule is CCC1CCC(C(N)=S)(n2sc3ccccc3c2=O)CC1. The van der Waals surface area contributed by atoms with Crippen molar-refractivity contribution in [2.24, 2.45) is 11.7 Å². The van der Waals surface area contributed by atoms with E-state index in [4.69, 9.17) is 18.0 Å². The van der Waals surface area contributed by atoms with Gasteiger partial charge in [-0.1, -0.05) is 49.2 Å². The molecule has 0 unspecified atom stereocenters. The van der Waals surface area contributed by atoms with Crippen molar-refractivity contribution in [3.05, 3.63) is 34.6 Å². The van der Waals surface area contributed by atoms with Crippen LogP contribution in [0.5, 0.6) is 0 Å². The third-order valence-corrected chi connectivity index (χ3v) is 6.48. The van der Waals surface area contributed by atoms with Gasteiger partial charge < -0.3 is 5.73 Å². The van der Waals surface area contributed by atoms with Crippen LogP contribution in [0.25, 0.3) is 10.1 Å². The van der Waals surface area contributed by atoms with Gasteiger partial charge in [-0.25, -0.2) is 3.96 Å². The summed E-state index contributed by atoms with van der Waals surface area (Å²) in [7, 11) is 0. The molecule has 1 fully saturated rings. The number of hydrogen-bond donors (Lipinski definition) is 1. The van der Waals surface area contributed by atoms with Crippen molar-refractivity contribution in [1.82, 2.24) is 3.96 Å². The van der Waals surface area contributed by atoms with Gasteiger partial charge in [0.15, 0.2) is 0 Å². The van der Waals surface area contributed by atoms with Crippen LogP contribution in [0.3, 0.4) is 0 Å². The van der Waals surface area contributed by atoms with Crippen molar-refractivity contribution in [3.8, 4) is 0 Å². The van der Waals surface area contributed by atoms with Gasteiger partial charge in [-0.2, -0.15) is 0 Å². The fourth-order valence-corrected chi connectivity index (χ4v) is 4.95. The molecule has 0 atom stereocenters. The normalized spacial score (nSPS) is 26.0. The first-order chi connectivity index (χ1) is 10.1. The van der Waals surface area contributed by atoms with Gasteiger partial charge in [0.1, 0.15) is 10.5 Å². The Morgan fingerprint density at radius 1 is 1.43 bits per heavy atom. The van der Waals surface area contributed by atoms with Crippen LogP contribution in [0.15, 0.2) is 29.1 Å². The number of nitrogens with zero attached hydrogens (tertiary/aromatic N) is 1. The smallest absolute Gasteiger partial charge is 0.269 e. The highest BCUT2D eigenvalue weighted by Gasteiger charge is 2.41. The fraction of sp³-hybridized carbons (Fsp3) is 0.500. The van der Waals surface area contributed by atoms with Gasteiger partial charge in [0.2, 0.25) is 0 Å². The first kappa shape index (κ1) is 14.7. The zero-order chi connectivity index (χ0) is 15.0. The summed E-state index contributed by atoms with van der Waals surface area (Å²) in [5, 5.41) is 0.774. The predicted octanol–water partition coefficient (Wildman–Crippen LogP) is 3.64. The third-order valence-electron chi connectivity index (χ3n) is 4.85. The van der Waals surface area contributed by atoms with Crippen LogP contribution in [0.2, 0.25) is 0 Å². The highest BCUT2D eigenvalue weighted by molar-refractivity contribution is 7.80. The van der Waals surface area contributed by atoms with Gasteiger partial charge in [-0.3, -0.25) is 4.79 Å². The Labute approximate surface area is 133 Å². The molecule has 0 radical (unpaired) electrons. The number of hydrogen-bond acceptors (Lipinski definition) is 3. The standard InChI is InChI=1S/C16H20N2OS2/c1-2-11-7-9-16(10-8-11,15(17)20)18-14(19)12-5-3-4-6-13(12)21-18/h3-6,11H,2,7-10H2,1H3,(H2,17,20). The molecule has 21 heavy (non-hydrogen) atoms. The second kappa shape index (κ2) is 5.54. The second-order valence-corrected chi connectivity index (χ2v) is 7.36. The molecule has 1 aromatic carbocycles. The zero-order valence-electron chi connectivity index (χ0n) is 12.2. The molecular formula is C16H20N2OS2. The monoisotopic (exact) mass is 320 g/mol. The number of benzene rings is 1. The van der Waals surface area contributed by atoms with Crippen LogP contribution in [0.4, 0.5) is 0 Å². The van der Waals surface area contributed by atoms with Crippen molar-refractivity contribution in [2.45, 2.75) is 44.6 Å².